The van der Waals surface area contributed by atoms with Crippen molar-refractivity contribution in [2.75, 3.05) is 33.9 Å². The van der Waals surface area contributed by atoms with Crippen molar-refractivity contribution in [1.82, 2.24) is 4.90 Å². The molecule has 0 aromatic heterocycles. The Morgan fingerprint density at radius 2 is 1.22 bits per heavy atom. The zero-order valence-corrected chi connectivity index (χ0v) is 33.3. The second kappa shape index (κ2) is 32.1. The number of cyclic esters (lactones) is 2. The van der Waals surface area contributed by atoms with Crippen LogP contribution in [0.25, 0.3) is 0 Å². The molecule has 0 aliphatic carbocycles. The number of unbranched alkanes of at least 4 members (excludes halogenated alkanes) is 4. The number of ether oxygens (including phenoxy) is 3. The van der Waals surface area contributed by atoms with Crippen molar-refractivity contribution in [3.63, 3.8) is 0 Å². The first-order valence-corrected chi connectivity index (χ1v) is 20.9. The molecule has 1 saturated heterocycles. The number of esters is 3. The Morgan fingerprint density at radius 3 is 1.69 bits per heavy atom. The highest BCUT2D eigenvalue weighted by molar-refractivity contribution is 5.70. The SMILES string of the molecule is C=C=C=C=C1C(CCCCC)CCOC(=O)CCCCCCCC(OC(=O)CCCN(C)C)CCCCCCCC(=O)OCCC1CCCCC. The molecule has 0 radical (unpaired) electrons. The lowest BCUT2D eigenvalue weighted by Crippen LogP contribution is -2.20. The summed E-state index contributed by atoms with van der Waals surface area (Å²) in [5.74, 6) is 0.0989. The molecule has 0 aromatic carbocycles. The first kappa shape index (κ1) is 46.5. The van der Waals surface area contributed by atoms with Crippen molar-refractivity contribution in [3.05, 3.63) is 29.3 Å². The smallest absolute Gasteiger partial charge is 0.306 e. The van der Waals surface area contributed by atoms with Crippen molar-refractivity contribution >= 4 is 17.9 Å². The molecular weight excluding hydrogens is 638 g/mol. The maximum atomic E-state index is 12.7. The molecule has 0 bridgehead atoms. The fourth-order valence-electron chi connectivity index (χ4n) is 7.01. The van der Waals surface area contributed by atoms with E-state index in [2.05, 4.69) is 42.5 Å². The van der Waals surface area contributed by atoms with Crippen LogP contribution in [-0.2, 0) is 28.6 Å². The molecule has 292 valence electrons. The number of carbonyl (C=O) groups is 3. The summed E-state index contributed by atoms with van der Waals surface area (Å²) < 4.78 is 17.5. The van der Waals surface area contributed by atoms with Crippen LogP contribution < -0.4 is 0 Å². The molecule has 0 amide bonds. The van der Waals surface area contributed by atoms with Gasteiger partial charge >= 0.3 is 17.9 Å². The van der Waals surface area contributed by atoms with E-state index in [0.29, 0.717) is 32.5 Å². The molecule has 0 N–H and O–H groups in total. The third-order valence-electron chi connectivity index (χ3n) is 10.0. The number of hydrogen-bond donors (Lipinski definition) is 0. The zero-order valence-electron chi connectivity index (χ0n) is 33.3. The molecule has 7 heteroatoms. The summed E-state index contributed by atoms with van der Waals surface area (Å²) in [5, 5.41) is 0. The Balaban J connectivity index is 2.96. The van der Waals surface area contributed by atoms with Crippen molar-refractivity contribution in [2.45, 2.75) is 187 Å². The molecule has 2 atom stereocenters. The maximum absolute atomic E-state index is 12.7. The summed E-state index contributed by atoms with van der Waals surface area (Å²) in [6.45, 7) is 9.83. The van der Waals surface area contributed by atoms with Crippen molar-refractivity contribution in [1.29, 1.82) is 0 Å². The van der Waals surface area contributed by atoms with Gasteiger partial charge in [-0.05, 0) is 121 Å². The van der Waals surface area contributed by atoms with E-state index >= 15 is 0 Å². The van der Waals surface area contributed by atoms with Gasteiger partial charge in [0, 0.05) is 19.3 Å². The van der Waals surface area contributed by atoms with Crippen molar-refractivity contribution in [2.24, 2.45) is 11.8 Å². The minimum atomic E-state index is -0.122. The first-order valence-electron chi connectivity index (χ1n) is 20.9. The molecule has 1 aliphatic rings. The Labute approximate surface area is 312 Å². The highest BCUT2D eigenvalue weighted by Crippen LogP contribution is 2.33. The Bertz CT molecular complexity index is 998. The molecule has 0 spiro atoms. The van der Waals surface area contributed by atoms with E-state index in [4.69, 9.17) is 14.2 Å². The van der Waals surface area contributed by atoms with Gasteiger partial charge in [0.05, 0.1) is 13.2 Å². The second-order valence-electron chi connectivity index (χ2n) is 14.9. The number of carbonyl (C=O) groups excluding carboxylic acids is 3. The summed E-state index contributed by atoms with van der Waals surface area (Å²) >= 11 is 0. The summed E-state index contributed by atoms with van der Waals surface area (Å²) in [6, 6.07) is 0. The zero-order chi connectivity index (χ0) is 37.4. The van der Waals surface area contributed by atoms with E-state index in [1.54, 1.807) is 0 Å². The van der Waals surface area contributed by atoms with E-state index in [0.717, 1.165) is 154 Å². The average molecular weight is 714 g/mol. The summed E-state index contributed by atoms with van der Waals surface area (Å²) in [7, 11) is 4.04. The van der Waals surface area contributed by atoms with E-state index in [1.165, 1.54) is 5.57 Å². The van der Waals surface area contributed by atoms with Gasteiger partial charge in [0.15, 0.2) is 0 Å². The largest absolute Gasteiger partial charge is 0.466 e. The van der Waals surface area contributed by atoms with Crippen LogP contribution in [-0.4, -0.2) is 62.8 Å². The van der Waals surface area contributed by atoms with Gasteiger partial charge < -0.3 is 19.1 Å². The lowest BCUT2D eigenvalue weighted by Gasteiger charge is -2.26. The van der Waals surface area contributed by atoms with Crippen LogP contribution in [0, 0.1) is 11.8 Å². The van der Waals surface area contributed by atoms with Gasteiger partial charge in [-0.15, -0.1) is 0 Å². The van der Waals surface area contributed by atoms with Crippen LogP contribution in [0.15, 0.2) is 29.3 Å². The standard InChI is InChI=1S/C44H75NO6/c1-6-9-18-25-38-33-36-49-42(46)30-22-16-12-14-20-27-40(51-44(48)32-24-35-45(4)5)28-21-15-13-17-23-31-43(47)50-37-34-39(26-19-10-7-2)41(38)29-11-8-3/h38-40H,3,6-7,9-10,12-28,30-37H2,1-2,4-5H3. The third-order valence-corrected chi connectivity index (χ3v) is 10.0. The third kappa shape index (κ3) is 26.0. The maximum Gasteiger partial charge on any atom is 0.306 e. The normalized spacial score (nSPS) is 21.8. The average Bonchev–Trinajstić information content (AvgIpc) is 3.09. The molecule has 1 aliphatic heterocycles. The van der Waals surface area contributed by atoms with Gasteiger partial charge in [-0.1, -0.05) is 102 Å². The summed E-state index contributed by atoms with van der Waals surface area (Å²) in [6.07, 6.45) is 24.2. The molecule has 2 unspecified atom stereocenters. The Morgan fingerprint density at radius 1 is 0.725 bits per heavy atom. The number of rotatable bonds is 13. The summed E-state index contributed by atoms with van der Waals surface area (Å²) in [4.78, 5) is 40.1. The predicted molar refractivity (Wildman–Crippen MR) is 208 cm³/mol. The molecule has 0 aromatic rings. The lowest BCUT2D eigenvalue weighted by atomic mass is 9.79. The topological polar surface area (TPSA) is 82.1 Å². The van der Waals surface area contributed by atoms with E-state index in [1.807, 2.05) is 14.1 Å². The fraction of sp³-hybridized carbons (Fsp3) is 0.818. The Hall–Kier alpha value is -2.55. The molecule has 1 heterocycles. The van der Waals surface area contributed by atoms with Gasteiger partial charge in [0.1, 0.15) is 6.10 Å². The van der Waals surface area contributed by atoms with E-state index in [-0.39, 0.29) is 35.8 Å². The highest BCUT2D eigenvalue weighted by atomic mass is 16.5. The lowest BCUT2D eigenvalue weighted by molar-refractivity contribution is -0.150. The molecule has 7 nitrogen and oxygen atoms in total. The van der Waals surface area contributed by atoms with Gasteiger partial charge in [-0.25, -0.2) is 0 Å². The van der Waals surface area contributed by atoms with Crippen molar-refractivity contribution < 1.29 is 28.6 Å². The van der Waals surface area contributed by atoms with Crippen LogP contribution in [0.3, 0.4) is 0 Å². The van der Waals surface area contributed by atoms with Gasteiger partial charge in [-0.3, -0.25) is 14.4 Å². The molecule has 51 heavy (non-hydrogen) atoms. The second-order valence-corrected chi connectivity index (χ2v) is 14.9. The predicted octanol–water partition coefficient (Wildman–Crippen LogP) is 11.0. The van der Waals surface area contributed by atoms with E-state index in [9.17, 15) is 14.4 Å². The monoisotopic (exact) mass is 714 g/mol. The highest BCUT2D eigenvalue weighted by Gasteiger charge is 2.24. The molecular formula is C44H75NO6. The van der Waals surface area contributed by atoms with Crippen LogP contribution in [0.1, 0.15) is 181 Å². The first-order chi connectivity index (χ1) is 24.8. The van der Waals surface area contributed by atoms with Gasteiger partial charge in [0.25, 0.3) is 0 Å². The number of allylic oxidation sites excluding steroid dienone is 1. The van der Waals surface area contributed by atoms with Crippen LogP contribution in [0.4, 0.5) is 0 Å². The molecule has 1 rings (SSSR count). The van der Waals surface area contributed by atoms with Crippen molar-refractivity contribution in [3.8, 4) is 0 Å². The number of nitrogens with zero attached hydrogens (tertiary/aromatic N) is 1. The minimum Gasteiger partial charge on any atom is -0.466 e. The van der Waals surface area contributed by atoms with Crippen LogP contribution in [0.2, 0.25) is 0 Å². The Kier molecular flexibility index (Phi) is 29.3. The van der Waals surface area contributed by atoms with Crippen LogP contribution in [0.5, 0.6) is 0 Å². The molecule has 0 saturated carbocycles. The summed E-state index contributed by atoms with van der Waals surface area (Å²) in [5.41, 5.74) is 10.4. The number of hydrogen-bond acceptors (Lipinski definition) is 7. The van der Waals surface area contributed by atoms with E-state index < -0.39 is 0 Å². The van der Waals surface area contributed by atoms with Crippen LogP contribution >= 0.6 is 0 Å². The minimum absolute atomic E-state index is 0.0318. The van der Waals surface area contributed by atoms with Gasteiger partial charge in [0.2, 0.25) is 0 Å². The molecule has 1 fully saturated rings. The fourth-order valence-corrected chi connectivity index (χ4v) is 7.01. The quantitative estimate of drug-likeness (QED) is 0.0813. The van der Waals surface area contributed by atoms with Gasteiger partial charge in [-0.2, -0.15) is 0 Å².